The molecular weight excluding hydrogens is 176 g/mol. The standard InChI is InChI=1S/C7H16N2O2S/c1-7(8)9(2)5-3-4-6-12(10)11/h8H,3-6H2,1-2H3,(H,10,11). The van der Waals surface area contributed by atoms with E-state index in [1.165, 1.54) is 0 Å². The van der Waals surface area contributed by atoms with Crippen molar-refractivity contribution >= 4 is 16.9 Å². The van der Waals surface area contributed by atoms with Gasteiger partial charge in [0.2, 0.25) is 0 Å². The second-order valence-corrected chi connectivity index (χ2v) is 3.79. The number of rotatable bonds is 5. The van der Waals surface area contributed by atoms with Crippen LogP contribution in [-0.4, -0.2) is 38.8 Å². The van der Waals surface area contributed by atoms with Crippen LogP contribution < -0.4 is 0 Å². The van der Waals surface area contributed by atoms with Crippen molar-refractivity contribution < 1.29 is 8.76 Å². The Labute approximate surface area is 75.8 Å². The zero-order valence-electron chi connectivity index (χ0n) is 7.54. The Morgan fingerprint density at radius 1 is 1.58 bits per heavy atom. The molecule has 72 valence electrons. The summed E-state index contributed by atoms with van der Waals surface area (Å²) in [5, 5.41) is 7.24. The van der Waals surface area contributed by atoms with Crippen LogP contribution in [-0.2, 0) is 11.1 Å². The van der Waals surface area contributed by atoms with Crippen LogP contribution in [0.2, 0.25) is 0 Å². The Morgan fingerprint density at radius 3 is 2.58 bits per heavy atom. The van der Waals surface area contributed by atoms with E-state index in [9.17, 15) is 4.21 Å². The molecule has 0 saturated carbocycles. The van der Waals surface area contributed by atoms with Crippen LogP contribution in [0.25, 0.3) is 0 Å². The van der Waals surface area contributed by atoms with Crippen LogP contribution in [0.15, 0.2) is 0 Å². The predicted molar refractivity (Wildman–Crippen MR) is 50.9 cm³/mol. The van der Waals surface area contributed by atoms with E-state index < -0.39 is 11.1 Å². The summed E-state index contributed by atoms with van der Waals surface area (Å²) in [6.07, 6.45) is 1.60. The minimum atomic E-state index is -1.66. The summed E-state index contributed by atoms with van der Waals surface area (Å²) in [6, 6.07) is 0. The normalized spacial score (nSPS) is 12.6. The zero-order valence-corrected chi connectivity index (χ0v) is 8.36. The molecule has 0 aliphatic heterocycles. The molecule has 0 fully saturated rings. The van der Waals surface area contributed by atoms with Crippen molar-refractivity contribution in [1.29, 1.82) is 5.41 Å². The van der Waals surface area contributed by atoms with Gasteiger partial charge in [0.1, 0.15) is 0 Å². The van der Waals surface area contributed by atoms with Gasteiger partial charge in [0.25, 0.3) is 0 Å². The van der Waals surface area contributed by atoms with E-state index in [0.29, 0.717) is 11.6 Å². The molecule has 12 heavy (non-hydrogen) atoms. The minimum absolute atomic E-state index is 0.338. The van der Waals surface area contributed by atoms with Crippen molar-refractivity contribution in [3.05, 3.63) is 0 Å². The maximum atomic E-state index is 10.2. The van der Waals surface area contributed by atoms with Crippen molar-refractivity contribution in [2.45, 2.75) is 19.8 Å². The van der Waals surface area contributed by atoms with E-state index in [1.807, 2.05) is 11.9 Å². The van der Waals surface area contributed by atoms with E-state index in [1.54, 1.807) is 6.92 Å². The largest absolute Gasteiger partial charge is 0.364 e. The molecule has 0 radical (unpaired) electrons. The van der Waals surface area contributed by atoms with Gasteiger partial charge in [-0.25, -0.2) is 4.21 Å². The van der Waals surface area contributed by atoms with Gasteiger partial charge >= 0.3 is 0 Å². The first-order valence-corrected chi connectivity index (χ1v) is 5.15. The Hall–Kier alpha value is -0.420. The first kappa shape index (κ1) is 11.6. The van der Waals surface area contributed by atoms with Gasteiger partial charge in [0, 0.05) is 19.3 Å². The topological polar surface area (TPSA) is 64.4 Å². The molecule has 1 atom stereocenters. The van der Waals surface area contributed by atoms with Gasteiger partial charge in [-0.05, 0) is 19.8 Å². The summed E-state index contributed by atoms with van der Waals surface area (Å²) in [4.78, 5) is 1.82. The fourth-order valence-corrected chi connectivity index (χ4v) is 1.19. The van der Waals surface area contributed by atoms with Crippen molar-refractivity contribution in [3.8, 4) is 0 Å². The quantitative estimate of drug-likeness (QED) is 0.294. The van der Waals surface area contributed by atoms with Gasteiger partial charge in [-0.15, -0.1) is 0 Å². The second-order valence-electron chi connectivity index (χ2n) is 2.74. The molecule has 0 aliphatic carbocycles. The lowest BCUT2D eigenvalue weighted by molar-refractivity contribution is 0.477. The molecule has 0 spiro atoms. The molecule has 0 rings (SSSR count). The lowest BCUT2D eigenvalue weighted by Gasteiger charge is -2.16. The highest BCUT2D eigenvalue weighted by molar-refractivity contribution is 7.79. The van der Waals surface area contributed by atoms with E-state index in [4.69, 9.17) is 9.96 Å². The van der Waals surface area contributed by atoms with Gasteiger partial charge in [0.05, 0.1) is 5.84 Å². The summed E-state index contributed by atoms with van der Waals surface area (Å²) < 4.78 is 18.7. The summed E-state index contributed by atoms with van der Waals surface area (Å²) in [5.74, 6) is 0.866. The van der Waals surface area contributed by atoms with E-state index >= 15 is 0 Å². The van der Waals surface area contributed by atoms with Crippen LogP contribution in [0.1, 0.15) is 19.8 Å². The minimum Gasteiger partial charge on any atom is -0.364 e. The first-order valence-electron chi connectivity index (χ1n) is 3.87. The van der Waals surface area contributed by atoms with Crippen LogP contribution in [0.4, 0.5) is 0 Å². The lowest BCUT2D eigenvalue weighted by atomic mass is 10.3. The van der Waals surface area contributed by atoms with Gasteiger partial charge in [-0.1, -0.05) is 0 Å². The third-order valence-electron chi connectivity index (χ3n) is 1.64. The highest BCUT2D eigenvalue weighted by Gasteiger charge is 1.98. The Balaban J connectivity index is 3.31. The van der Waals surface area contributed by atoms with E-state index in [2.05, 4.69) is 0 Å². The number of hydrogen-bond donors (Lipinski definition) is 2. The summed E-state index contributed by atoms with van der Waals surface area (Å²) in [6.45, 7) is 2.51. The number of nitrogens with one attached hydrogen (secondary N) is 1. The fourth-order valence-electron chi connectivity index (χ4n) is 0.742. The van der Waals surface area contributed by atoms with Gasteiger partial charge in [-0.2, -0.15) is 0 Å². The Bertz CT molecular complexity index is 173. The highest BCUT2D eigenvalue weighted by Crippen LogP contribution is 1.94. The SMILES string of the molecule is CC(=N)N(C)CCCCS(=O)O. The molecule has 2 N–H and O–H groups in total. The lowest BCUT2D eigenvalue weighted by Crippen LogP contribution is -2.24. The zero-order chi connectivity index (χ0) is 9.56. The molecule has 5 heteroatoms. The molecular formula is C7H16N2O2S. The van der Waals surface area contributed by atoms with Crippen LogP contribution in [0.3, 0.4) is 0 Å². The first-order chi connectivity index (χ1) is 5.54. The number of nitrogens with zero attached hydrogens (tertiary/aromatic N) is 1. The molecule has 0 saturated heterocycles. The van der Waals surface area contributed by atoms with Gasteiger partial charge in [-0.3, -0.25) is 5.41 Å². The molecule has 4 nitrogen and oxygen atoms in total. The molecule has 0 heterocycles. The molecule has 0 amide bonds. The molecule has 0 bridgehead atoms. The van der Waals surface area contributed by atoms with Gasteiger partial charge < -0.3 is 9.45 Å². The molecule has 0 aromatic heterocycles. The maximum absolute atomic E-state index is 10.2. The fraction of sp³-hybridized carbons (Fsp3) is 0.857. The van der Waals surface area contributed by atoms with Crippen molar-refractivity contribution in [3.63, 3.8) is 0 Å². The monoisotopic (exact) mass is 192 g/mol. The van der Waals surface area contributed by atoms with E-state index in [-0.39, 0.29) is 0 Å². The summed E-state index contributed by atoms with van der Waals surface area (Å²) >= 11 is -1.66. The number of unbranched alkanes of at least 4 members (excludes halogenated alkanes) is 1. The number of hydrogen-bond acceptors (Lipinski definition) is 2. The molecule has 0 aromatic rings. The summed E-state index contributed by atoms with van der Waals surface area (Å²) in [7, 11) is 1.85. The average Bonchev–Trinajstić information content (AvgIpc) is 1.97. The van der Waals surface area contributed by atoms with Crippen molar-refractivity contribution in [2.24, 2.45) is 0 Å². The van der Waals surface area contributed by atoms with Crippen LogP contribution in [0.5, 0.6) is 0 Å². The maximum Gasteiger partial charge on any atom is 0.152 e. The van der Waals surface area contributed by atoms with Crippen molar-refractivity contribution in [2.75, 3.05) is 19.3 Å². The number of amidine groups is 1. The van der Waals surface area contributed by atoms with Crippen molar-refractivity contribution in [1.82, 2.24) is 4.90 Å². The Kier molecular flexibility index (Phi) is 5.92. The smallest absolute Gasteiger partial charge is 0.152 e. The third kappa shape index (κ3) is 6.30. The van der Waals surface area contributed by atoms with Gasteiger partial charge in [0.15, 0.2) is 11.1 Å². The second kappa shape index (κ2) is 6.14. The summed E-state index contributed by atoms with van der Waals surface area (Å²) in [5.41, 5.74) is 0. The van der Waals surface area contributed by atoms with E-state index in [0.717, 1.165) is 19.4 Å². The average molecular weight is 192 g/mol. The molecule has 0 aliphatic rings. The highest BCUT2D eigenvalue weighted by atomic mass is 32.2. The molecule has 0 aromatic carbocycles. The Morgan fingerprint density at radius 2 is 2.17 bits per heavy atom. The molecule has 1 unspecified atom stereocenters. The van der Waals surface area contributed by atoms with Crippen LogP contribution in [0, 0.1) is 5.41 Å². The third-order valence-corrected chi connectivity index (χ3v) is 2.27. The van der Waals surface area contributed by atoms with Crippen LogP contribution >= 0.6 is 0 Å². The predicted octanol–water partition coefficient (Wildman–Crippen LogP) is 0.917.